The summed E-state index contributed by atoms with van der Waals surface area (Å²) in [5.74, 6) is 0. The topological polar surface area (TPSA) is 60.9 Å². The number of hydrogen-bond acceptors (Lipinski definition) is 4. The third kappa shape index (κ3) is 9.33. The van der Waals surface area contributed by atoms with Gasteiger partial charge in [0.05, 0.1) is 30.1 Å². The first-order valence-corrected chi connectivity index (χ1v) is 8.48. The lowest BCUT2D eigenvalue weighted by Crippen LogP contribution is -2.10. The van der Waals surface area contributed by atoms with Gasteiger partial charge in [-0.25, -0.2) is 20.4 Å². The van der Waals surface area contributed by atoms with Gasteiger partial charge in [0, 0.05) is 0 Å². The zero-order valence-corrected chi connectivity index (χ0v) is 13.6. The molecule has 0 aromatic carbocycles. The van der Waals surface area contributed by atoms with Crippen molar-refractivity contribution in [2.45, 2.75) is 96.2 Å². The lowest BCUT2D eigenvalue weighted by Gasteiger charge is -2.17. The van der Waals surface area contributed by atoms with Crippen molar-refractivity contribution in [3.8, 4) is 0 Å². The SMILES string of the molecule is C(=NC1CCCCC1)=NC1CCCCC1.CC(C)N=C=N. The molecule has 0 aromatic rings. The number of nitrogens with zero attached hydrogens (tertiary/aromatic N) is 3. The Morgan fingerprint density at radius 2 is 1.24 bits per heavy atom. The van der Waals surface area contributed by atoms with E-state index in [-0.39, 0.29) is 6.04 Å². The van der Waals surface area contributed by atoms with E-state index in [0.29, 0.717) is 12.1 Å². The molecule has 0 aromatic heterocycles. The standard InChI is InChI=1S/C13H22N2.C4H8N2/c1-3-7-12(8-4-1)14-11-15-13-9-5-2-6-10-13;1-4(2)6-3-5/h12-13H,1-10H2;4-5H,1-2H3. The molecule has 4 nitrogen and oxygen atoms in total. The van der Waals surface area contributed by atoms with Crippen LogP contribution in [0.1, 0.15) is 78.1 Å². The van der Waals surface area contributed by atoms with Crippen LogP contribution in [0.5, 0.6) is 0 Å². The molecule has 0 heterocycles. The highest BCUT2D eigenvalue weighted by atomic mass is 14.9. The summed E-state index contributed by atoms with van der Waals surface area (Å²) in [4.78, 5) is 12.5. The van der Waals surface area contributed by atoms with E-state index in [9.17, 15) is 0 Å². The minimum absolute atomic E-state index is 0.225. The van der Waals surface area contributed by atoms with Gasteiger partial charge in [0.15, 0.2) is 0 Å². The molecule has 0 aliphatic heterocycles. The molecule has 2 rings (SSSR count). The summed E-state index contributed by atoms with van der Waals surface area (Å²) in [5.41, 5.74) is 0. The van der Waals surface area contributed by atoms with E-state index in [1.807, 2.05) is 19.9 Å². The Labute approximate surface area is 129 Å². The van der Waals surface area contributed by atoms with Gasteiger partial charge in [-0.05, 0) is 39.5 Å². The third-order valence-corrected chi connectivity index (χ3v) is 3.95. The fourth-order valence-electron chi connectivity index (χ4n) is 2.75. The van der Waals surface area contributed by atoms with Crippen LogP contribution in [0.25, 0.3) is 0 Å². The molecule has 0 atom stereocenters. The van der Waals surface area contributed by atoms with Crippen molar-refractivity contribution in [1.29, 1.82) is 5.41 Å². The first-order valence-electron chi connectivity index (χ1n) is 8.48. The largest absolute Gasteiger partial charge is 0.242 e. The summed E-state index contributed by atoms with van der Waals surface area (Å²) in [5, 5.41) is 6.32. The summed E-state index contributed by atoms with van der Waals surface area (Å²) in [6.07, 6.45) is 13.2. The second-order valence-electron chi connectivity index (χ2n) is 6.28. The Hall–Kier alpha value is -1.24. The molecule has 0 radical (unpaired) electrons. The molecule has 0 spiro atoms. The first kappa shape index (κ1) is 17.8. The maximum absolute atomic E-state index is 6.32. The quantitative estimate of drug-likeness (QED) is 0.713. The van der Waals surface area contributed by atoms with E-state index >= 15 is 0 Å². The van der Waals surface area contributed by atoms with Crippen LogP contribution >= 0.6 is 0 Å². The van der Waals surface area contributed by atoms with Crippen molar-refractivity contribution in [2.24, 2.45) is 15.0 Å². The van der Waals surface area contributed by atoms with Gasteiger partial charge in [-0.15, -0.1) is 0 Å². The number of nitrogens with one attached hydrogen (secondary N) is 1. The predicted molar refractivity (Wildman–Crippen MR) is 88.9 cm³/mol. The van der Waals surface area contributed by atoms with Gasteiger partial charge in [-0.2, -0.15) is 0 Å². The van der Waals surface area contributed by atoms with Crippen LogP contribution in [0, 0.1) is 5.41 Å². The normalized spacial score (nSPS) is 19.8. The van der Waals surface area contributed by atoms with Gasteiger partial charge in [0.1, 0.15) is 0 Å². The van der Waals surface area contributed by atoms with E-state index in [1.165, 1.54) is 64.2 Å². The Bertz CT molecular complexity index is 342. The fourth-order valence-corrected chi connectivity index (χ4v) is 2.75. The minimum Gasteiger partial charge on any atom is -0.242 e. The van der Waals surface area contributed by atoms with Gasteiger partial charge in [0.25, 0.3) is 0 Å². The van der Waals surface area contributed by atoms with Gasteiger partial charge in [-0.3, -0.25) is 0 Å². The van der Waals surface area contributed by atoms with Crippen LogP contribution < -0.4 is 0 Å². The minimum atomic E-state index is 0.225. The van der Waals surface area contributed by atoms with Crippen LogP contribution in [-0.4, -0.2) is 30.1 Å². The zero-order chi connectivity index (χ0) is 15.3. The number of aliphatic imine (C=N–C) groups is 3. The van der Waals surface area contributed by atoms with Crippen LogP contribution in [0.2, 0.25) is 0 Å². The maximum atomic E-state index is 6.32. The smallest absolute Gasteiger partial charge is 0.0898 e. The summed E-state index contributed by atoms with van der Waals surface area (Å²) in [6.45, 7) is 3.81. The number of hydrogen-bond donors (Lipinski definition) is 1. The van der Waals surface area contributed by atoms with Crippen molar-refractivity contribution in [3.05, 3.63) is 0 Å². The summed E-state index contributed by atoms with van der Waals surface area (Å²) in [6, 6.07) is 6.21. The molecule has 0 amide bonds. The molecule has 118 valence electrons. The first-order chi connectivity index (χ1) is 10.2. The highest BCUT2D eigenvalue weighted by Gasteiger charge is 2.12. The molecule has 1 N–H and O–H groups in total. The van der Waals surface area contributed by atoms with Crippen LogP contribution in [0.3, 0.4) is 0 Å². The van der Waals surface area contributed by atoms with Crippen LogP contribution in [-0.2, 0) is 0 Å². The van der Waals surface area contributed by atoms with Crippen molar-refractivity contribution < 1.29 is 0 Å². The molecule has 2 fully saturated rings. The van der Waals surface area contributed by atoms with E-state index < -0.39 is 0 Å². The second kappa shape index (κ2) is 11.4. The predicted octanol–water partition coefficient (Wildman–Crippen LogP) is 4.97. The molecule has 4 heteroatoms. The molecule has 2 aliphatic rings. The van der Waals surface area contributed by atoms with Crippen LogP contribution in [0.15, 0.2) is 15.0 Å². The summed E-state index contributed by atoms with van der Waals surface area (Å²) < 4.78 is 0. The average Bonchev–Trinajstić information content (AvgIpc) is 2.50. The summed E-state index contributed by atoms with van der Waals surface area (Å²) >= 11 is 0. The van der Waals surface area contributed by atoms with Crippen molar-refractivity contribution >= 4 is 12.0 Å². The summed E-state index contributed by atoms with van der Waals surface area (Å²) in [7, 11) is 0. The fraction of sp³-hybridized carbons (Fsp3) is 0.882. The third-order valence-electron chi connectivity index (χ3n) is 3.95. The highest BCUT2D eigenvalue weighted by Crippen LogP contribution is 2.21. The Morgan fingerprint density at radius 3 is 1.52 bits per heavy atom. The maximum Gasteiger partial charge on any atom is 0.0898 e. The van der Waals surface area contributed by atoms with Gasteiger partial charge < -0.3 is 0 Å². The van der Waals surface area contributed by atoms with Gasteiger partial charge in [-0.1, -0.05) is 38.5 Å². The molecule has 21 heavy (non-hydrogen) atoms. The van der Waals surface area contributed by atoms with Gasteiger partial charge >= 0.3 is 0 Å². The average molecular weight is 290 g/mol. The monoisotopic (exact) mass is 290 g/mol. The molecule has 0 bridgehead atoms. The molecular formula is C17H30N4. The molecule has 2 saturated carbocycles. The number of rotatable bonds is 3. The van der Waals surface area contributed by atoms with E-state index in [2.05, 4.69) is 21.0 Å². The highest BCUT2D eigenvalue weighted by molar-refractivity contribution is 5.42. The Balaban J connectivity index is 0.000000315. The van der Waals surface area contributed by atoms with Gasteiger partial charge in [0.2, 0.25) is 0 Å². The molecule has 0 unspecified atom stereocenters. The lowest BCUT2D eigenvalue weighted by atomic mass is 9.96. The van der Waals surface area contributed by atoms with E-state index in [1.54, 1.807) is 0 Å². The van der Waals surface area contributed by atoms with Crippen molar-refractivity contribution in [3.63, 3.8) is 0 Å². The molecule has 2 aliphatic carbocycles. The Morgan fingerprint density at radius 1 is 0.810 bits per heavy atom. The lowest BCUT2D eigenvalue weighted by molar-refractivity contribution is 0.438. The van der Waals surface area contributed by atoms with Crippen LogP contribution in [0.4, 0.5) is 0 Å². The molecule has 0 saturated heterocycles. The van der Waals surface area contributed by atoms with E-state index in [4.69, 9.17) is 5.41 Å². The van der Waals surface area contributed by atoms with E-state index in [0.717, 1.165) is 0 Å². The Kier molecular flexibility index (Phi) is 9.69. The van der Waals surface area contributed by atoms with Crippen molar-refractivity contribution in [1.82, 2.24) is 0 Å². The molecular weight excluding hydrogens is 260 g/mol. The van der Waals surface area contributed by atoms with Crippen molar-refractivity contribution in [2.75, 3.05) is 0 Å². The second-order valence-corrected chi connectivity index (χ2v) is 6.28. The zero-order valence-electron chi connectivity index (χ0n) is 13.6.